The summed E-state index contributed by atoms with van der Waals surface area (Å²) in [6, 6.07) is 13.8. The molecule has 4 aromatic rings. The zero-order chi connectivity index (χ0) is 27.9. The molecule has 0 spiro atoms. The predicted molar refractivity (Wildman–Crippen MR) is 149 cm³/mol. The molecule has 2 aromatic heterocycles. The average Bonchev–Trinajstić information content (AvgIpc) is 3.48. The van der Waals surface area contributed by atoms with Gasteiger partial charge in [-0.25, -0.2) is 14.6 Å². The van der Waals surface area contributed by atoms with Gasteiger partial charge in [0.05, 0.1) is 24.9 Å². The van der Waals surface area contributed by atoms with Crippen molar-refractivity contribution in [3.8, 4) is 28.7 Å². The summed E-state index contributed by atoms with van der Waals surface area (Å²) in [5.41, 5.74) is 4.07. The van der Waals surface area contributed by atoms with Crippen molar-refractivity contribution >= 4 is 11.6 Å². The van der Waals surface area contributed by atoms with E-state index < -0.39 is 0 Å². The first-order chi connectivity index (χ1) is 19.5. The van der Waals surface area contributed by atoms with Gasteiger partial charge in [-0.15, -0.1) is 5.10 Å². The first-order valence-electron chi connectivity index (χ1n) is 13.1. The van der Waals surface area contributed by atoms with Gasteiger partial charge >= 0.3 is 0 Å². The number of ether oxygens (including phenoxy) is 2. The van der Waals surface area contributed by atoms with Crippen LogP contribution in [0.5, 0.6) is 11.5 Å². The highest BCUT2D eigenvalue weighted by atomic mass is 16.5. The molecule has 0 radical (unpaired) electrons. The Hall–Kier alpha value is -4.60. The van der Waals surface area contributed by atoms with Gasteiger partial charge < -0.3 is 19.7 Å². The third-order valence-corrected chi connectivity index (χ3v) is 6.77. The molecule has 5 rings (SSSR count). The quantitative estimate of drug-likeness (QED) is 0.319. The summed E-state index contributed by atoms with van der Waals surface area (Å²) < 4.78 is 13.3. The highest BCUT2D eigenvalue weighted by Gasteiger charge is 2.16. The maximum atomic E-state index is 9.56. The molecule has 2 aromatic carbocycles. The van der Waals surface area contributed by atoms with Gasteiger partial charge in [0, 0.05) is 50.7 Å². The maximum Gasteiger partial charge on any atom is 0.227 e. The Balaban J connectivity index is 1.26. The number of hydrogen-bond donors (Lipinski definition) is 1. The largest absolute Gasteiger partial charge is 0.495 e. The number of nitrogens with one attached hydrogen (secondary N) is 1. The predicted octanol–water partition coefficient (Wildman–Crippen LogP) is 2.97. The summed E-state index contributed by atoms with van der Waals surface area (Å²) in [6.07, 6.45) is 4.74. The second-order valence-corrected chi connectivity index (χ2v) is 9.82. The third-order valence-electron chi connectivity index (χ3n) is 6.77. The van der Waals surface area contributed by atoms with Gasteiger partial charge in [-0.3, -0.25) is 4.90 Å². The minimum absolute atomic E-state index is 0.253. The summed E-state index contributed by atoms with van der Waals surface area (Å²) in [5.74, 6) is 1.67. The molecule has 1 saturated heterocycles. The Morgan fingerprint density at radius 2 is 1.82 bits per heavy atom. The second kappa shape index (κ2) is 12.5. The Labute approximate surface area is 233 Å². The molecule has 1 fully saturated rings. The van der Waals surface area contributed by atoms with E-state index >= 15 is 0 Å². The van der Waals surface area contributed by atoms with Gasteiger partial charge in [-0.05, 0) is 59.8 Å². The Morgan fingerprint density at radius 3 is 2.52 bits per heavy atom. The first kappa shape index (κ1) is 27.0. The van der Waals surface area contributed by atoms with Crippen LogP contribution in [0.1, 0.15) is 18.1 Å². The molecule has 206 valence electrons. The minimum atomic E-state index is -0.253. The standard InChI is InChI=1S/C28H32N10O2/c1-20(17-38-19-32-34-35-38)40-26-13-22(5-6-23(26)14-29)24-15-30-28(31-16-24)33-25-7-4-21(12-27(25)39-3)18-37-10-8-36(2)9-11-37/h4-7,12-13,15-16,19-20H,8-11,17-18H2,1-3H3,(H,30,31,33)/t20-/m0/s1. The molecule has 0 unspecified atom stereocenters. The van der Waals surface area contributed by atoms with E-state index in [1.807, 2.05) is 25.1 Å². The fourth-order valence-corrected chi connectivity index (χ4v) is 4.54. The highest BCUT2D eigenvalue weighted by molar-refractivity contribution is 5.68. The number of hydrogen-bond acceptors (Lipinski definition) is 11. The lowest BCUT2D eigenvalue weighted by atomic mass is 10.1. The Kier molecular flexibility index (Phi) is 8.44. The molecule has 0 saturated carbocycles. The van der Waals surface area contributed by atoms with Crippen LogP contribution in [0, 0.1) is 11.3 Å². The van der Waals surface area contributed by atoms with E-state index in [1.165, 1.54) is 11.9 Å². The number of nitrogens with zero attached hydrogens (tertiary/aromatic N) is 9. The van der Waals surface area contributed by atoms with Crippen molar-refractivity contribution < 1.29 is 9.47 Å². The zero-order valence-corrected chi connectivity index (χ0v) is 22.9. The summed E-state index contributed by atoms with van der Waals surface area (Å²) in [6.45, 7) is 7.53. The van der Waals surface area contributed by atoms with Crippen LogP contribution in [0.15, 0.2) is 55.1 Å². The van der Waals surface area contributed by atoms with Crippen molar-refractivity contribution in [3.63, 3.8) is 0 Å². The molecule has 1 aliphatic rings. The Morgan fingerprint density at radius 1 is 1.02 bits per heavy atom. The lowest BCUT2D eigenvalue weighted by Gasteiger charge is -2.32. The van der Waals surface area contributed by atoms with Crippen molar-refractivity contribution in [2.45, 2.75) is 26.1 Å². The molecule has 12 nitrogen and oxygen atoms in total. The fraction of sp³-hybridized carbons (Fsp3) is 0.357. The molecular weight excluding hydrogens is 508 g/mol. The molecule has 40 heavy (non-hydrogen) atoms. The number of anilines is 2. The van der Waals surface area contributed by atoms with Crippen molar-refractivity contribution in [3.05, 3.63) is 66.2 Å². The monoisotopic (exact) mass is 540 g/mol. The van der Waals surface area contributed by atoms with Crippen LogP contribution in [0.2, 0.25) is 0 Å². The molecule has 1 aliphatic heterocycles. The smallest absolute Gasteiger partial charge is 0.227 e. The van der Waals surface area contributed by atoms with Gasteiger partial charge in [0.2, 0.25) is 5.95 Å². The van der Waals surface area contributed by atoms with Crippen LogP contribution < -0.4 is 14.8 Å². The number of benzene rings is 2. The van der Waals surface area contributed by atoms with E-state index in [1.54, 1.807) is 30.3 Å². The van der Waals surface area contributed by atoms with Crippen LogP contribution in [0.25, 0.3) is 11.1 Å². The van der Waals surface area contributed by atoms with E-state index in [2.05, 4.69) is 65.9 Å². The summed E-state index contributed by atoms with van der Waals surface area (Å²) >= 11 is 0. The van der Waals surface area contributed by atoms with Gasteiger partial charge in [0.15, 0.2) is 0 Å². The molecule has 1 N–H and O–H groups in total. The van der Waals surface area contributed by atoms with Gasteiger partial charge in [0.25, 0.3) is 0 Å². The minimum Gasteiger partial charge on any atom is -0.495 e. The van der Waals surface area contributed by atoms with Gasteiger partial charge in [-0.1, -0.05) is 12.1 Å². The van der Waals surface area contributed by atoms with Crippen LogP contribution in [0.3, 0.4) is 0 Å². The highest BCUT2D eigenvalue weighted by Crippen LogP contribution is 2.30. The summed E-state index contributed by atoms with van der Waals surface area (Å²) in [7, 11) is 3.83. The van der Waals surface area contributed by atoms with Crippen molar-refractivity contribution in [2.75, 3.05) is 45.7 Å². The fourth-order valence-electron chi connectivity index (χ4n) is 4.54. The average molecular weight is 541 g/mol. The summed E-state index contributed by atoms with van der Waals surface area (Å²) in [4.78, 5) is 13.8. The third kappa shape index (κ3) is 6.69. The van der Waals surface area contributed by atoms with Crippen molar-refractivity contribution in [2.24, 2.45) is 0 Å². The number of methoxy groups -OCH3 is 1. The first-order valence-corrected chi connectivity index (χ1v) is 13.1. The van der Waals surface area contributed by atoms with Crippen LogP contribution in [-0.4, -0.2) is 86.4 Å². The normalized spacial score (nSPS) is 14.8. The van der Waals surface area contributed by atoms with Gasteiger partial charge in [-0.2, -0.15) is 5.26 Å². The molecule has 12 heteroatoms. The SMILES string of the molecule is COc1cc(CN2CCN(C)CC2)ccc1Nc1ncc(-c2ccc(C#N)c(O[C@@H](C)Cn3cnnn3)c2)cn1. The molecular formula is C28H32N10O2. The van der Waals surface area contributed by atoms with E-state index in [4.69, 9.17) is 9.47 Å². The molecule has 1 atom stereocenters. The van der Waals surface area contributed by atoms with Crippen LogP contribution in [-0.2, 0) is 13.1 Å². The van der Waals surface area contributed by atoms with Crippen molar-refractivity contribution in [1.29, 1.82) is 5.26 Å². The van der Waals surface area contributed by atoms with E-state index in [-0.39, 0.29) is 6.10 Å². The Bertz CT molecular complexity index is 1450. The zero-order valence-electron chi connectivity index (χ0n) is 22.9. The molecule has 3 heterocycles. The van der Waals surface area contributed by atoms with E-state index in [0.29, 0.717) is 23.8 Å². The second-order valence-electron chi connectivity index (χ2n) is 9.82. The lowest BCUT2D eigenvalue weighted by molar-refractivity contribution is 0.148. The number of rotatable bonds is 10. The molecule has 0 amide bonds. The summed E-state index contributed by atoms with van der Waals surface area (Å²) in [5, 5.41) is 24.0. The number of likely N-dealkylation sites (N-methyl/N-ethyl adjacent to an activating group) is 1. The van der Waals surface area contributed by atoms with E-state index in [0.717, 1.165) is 55.3 Å². The number of tetrazole rings is 1. The van der Waals surface area contributed by atoms with Gasteiger partial charge in [0.1, 0.15) is 30.0 Å². The number of nitriles is 1. The van der Waals surface area contributed by atoms with E-state index in [9.17, 15) is 5.26 Å². The van der Waals surface area contributed by atoms with Crippen LogP contribution in [0.4, 0.5) is 11.6 Å². The maximum absolute atomic E-state index is 9.56. The number of aromatic nitrogens is 6. The van der Waals surface area contributed by atoms with Crippen LogP contribution >= 0.6 is 0 Å². The lowest BCUT2D eigenvalue weighted by Crippen LogP contribution is -2.43. The molecule has 0 aliphatic carbocycles. The topological polar surface area (TPSA) is 130 Å². The van der Waals surface area contributed by atoms with Crippen molar-refractivity contribution in [1.82, 2.24) is 40.0 Å². The number of piperazine rings is 1. The molecule has 0 bridgehead atoms.